The number of rotatable bonds is 1. The van der Waals surface area contributed by atoms with Gasteiger partial charge in [-0.25, -0.2) is 4.79 Å². The average Bonchev–Trinajstić information content (AvgIpc) is 1.91. The highest BCUT2D eigenvalue weighted by Gasteiger charge is 1.95. The van der Waals surface area contributed by atoms with Gasteiger partial charge in [-0.1, -0.05) is 0 Å². The van der Waals surface area contributed by atoms with Crippen molar-refractivity contribution in [3.8, 4) is 0 Å². The van der Waals surface area contributed by atoms with Gasteiger partial charge in [-0.15, -0.1) is 0 Å². The van der Waals surface area contributed by atoms with Gasteiger partial charge < -0.3 is 16.3 Å². The zero-order valence-electron chi connectivity index (χ0n) is 4.91. The van der Waals surface area contributed by atoms with Crippen LogP contribution in [0.2, 0.25) is 0 Å². The first-order valence-corrected chi connectivity index (χ1v) is 2.50. The molecule has 0 rings (SSSR count). The second-order valence-corrected chi connectivity index (χ2v) is 1.61. The predicted octanol–water partition coefficient (Wildman–Crippen LogP) is -1.11. The highest BCUT2D eigenvalue weighted by Crippen LogP contribution is 1.90. The summed E-state index contributed by atoms with van der Waals surface area (Å²) < 4.78 is 1.12. The van der Waals surface area contributed by atoms with Crippen molar-refractivity contribution >= 4 is 22.2 Å². The van der Waals surface area contributed by atoms with Gasteiger partial charge >= 0.3 is 6.03 Å². The molecular weight excluding hydrogens is 141 g/mol. The van der Waals surface area contributed by atoms with Gasteiger partial charge in [0.1, 0.15) is 6.79 Å². The summed E-state index contributed by atoms with van der Waals surface area (Å²) in [4.78, 5) is 18.0. The summed E-state index contributed by atoms with van der Waals surface area (Å²) in [6, 6.07) is -0.535. The van der Waals surface area contributed by atoms with E-state index in [2.05, 4.69) is 9.39 Å². The van der Waals surface area contributed by atoms with E-state index < -0.39 is 6.03 Å². The summed E-state index contributed by atoms with van der Waals surface area (Å²) in [5, 5.41) is 0. The van der Waals surface area contributed by atoms with Crippen molar-refractivity contribution in [2.45, 2.75) is 0 Å². The van der Waals surface area contributed by atoms with Crippen molar-refractivity contribution in [3.63, 3.8) is 0 Å². The van der Waals surface area contributed by atoms with E-state index >= 15 is 0 Å². The van der Waals surface area contributed by atoms with E-state index in [0.717, 1.165) is 4.67 Å². The molecule has 0 aromatic carbocycles. The van der Waals surface area contributed by atoms with E-state index in [9.17, 15) is 4.79 Å². The highest BCUT2D eigenvalue weighted by molar-refractivity contribution is 7.14. The van der Waals surface area contributed by atoms with E-state index in [1.807, 2.05) is 6.79 Å². The molecule has 0 fully saturated rings. The second-order valence-electron chi connectivity index (χ2n) is 0.991. The molecule has 4 N–H and O–H groups in total. The molecule has 0 saturated heterocycles. The van der Waals surface area contributed by atoms with E-state index in [-0.39, 0.29) is 6.67 Å². The molecule has 0 heterocycles. The van der Waals surface area contributed by atoms with Gasteiger partial charge in [0.05, 0.1) is 6.67 Å². The molecule has 0 saturated carbocycles. The molecule has 0 aliphatic rings. The van der Waals surface area contributed by atoms with Crippen LogP contribution in [-0.4, -0.2) is 24.2 Å². The maximum atomic E-state index is 9.98. The normalized spacial score (nSPS) is 6.89. The minimum absolute atomic E-state index is 0.139. The van der Waals surface area contributed by atoms with Crippen molar-refractivity contribution in [1.29, 1.82) is 0 Å². The number of carbonyl (C=O) groups excluding carboxylic acids is 2. The molecular formula is C3H10N3O2P. The highest BCUT2D eigenvalue weighted by atomic mass is 31.0. The Hall–Kier alpha value is -0.670. The number of hydrogen-bond donors (Lipinski definition) is 2. The van der Waals surface area contributed by atoms with Crippen LogP contribution in [0.15, 0.2) is 0 Å². The summed E-state index contributed by atoms with van der Waals surface area (Å²) >= 11 is 0. The van der Waals surface area contributed by atoms with Crippen molar-refractivity contribution in [3.05, 3.63) is 0 Å². The number of urea groups is 1. The van der Waals surface area contributed by atoms with Gasteiger partial charge in [0.15, 0.2) is 0 Å². The third kappa shape index (κ3) is 7.33. The monoisotopic (exact) mass is 151 g/mol. The Balaban J connectivity index is 0. The van der Waals surface area contributed by atoms with E-state index in [0.29, 0.717) is 0 Å². The van der Waals surface area contributed by atoms with Crippen LogP contribution in [0.25, 0.3) is 0 Å². The lowest BCUT2D eigenvalue weighted by atomic mass is 11.0. The minimum Gasteiger partial charge on any atom is -0.351 e. The lowest BCUT2D eigenvalue weighted by Gasteiger charge is -2.07. The molecule has 0 aliphatic carbocycles. The van der Waals surface area contributed by atoms with Crippen LogP contribution in [0.1, 0.15) is 0 Å². The molecule has 0 aromatic heterocycles. The Bertz CT molecular complexity index is 89.1. The van der Waals surface area contributed by atoms with Gasteiger partial charge in [0.2, 0.25) is 0 Å². The summed E-state index contributed by atoms with van der Waals surface area (Å²) in [6.07, 6.45) is 0. The molecule has 1 unspecified atom stereocenters. The summed E-state index contributed by atoms with van der Waals surface area (Å²) in [6.45, 7) is 2.14. The molecule has 0 bridgehead atoms. The molecule has 1 atom stereocenters. The van der Waals surface area contributed by atoms with Crippen LogP contribution in [-0.2, 0) is 4.79 Å². The molecule has 6 heteroatoms. The second kappa shape index (κ2) is 7.33. The fourth-order valence-corrected chi connectivity index (χ4v) is 0.0900. The number of amides is 2. The van der Waals surface area contributed by atoms with E-state index in [1.54, 1.807) is 0 Å². The molecule has 9 heavy (non-hydrogen) atoms. The van der Waals surface area contributed by atoms with Crippen LogP contribution in [0.3, 0.4) is 0 Å². The molecule has 0 aliphatic heterocycles. The smallest absolute Gasteiger partial charge is 0.318 e. The Morgan fingerprint density at radius 1 is 1.67 bits per heavy atom. The molecule has 0 spiro atoms. The number of primary amides is 1. The van der Waals surface area contributed by atoms with Gasteiger partial charge in [-0.05, 0) is 9.39 Å². The number of carbonyl (C=O) groups is 2. The van der Waals surface area contributed by atoms with E-state index in [1.165, 1.54) is 0 Å². The maximum absolute atomic E-state index is 9.98. The third-order valence-corrected chi connectivity index (χ3v) is 0.945. The van der Waals surface area contributed by atoms with Crippen LogP contribution in [0.5, 0.6) is 0 Å². The van der Waals surface area contributed by atoms with Crippen molar-refractivity contribution in [1.82, 2.24) is 4.67 Å². The Kier molecular flexibility index (Phi) is 9.10. The molecule has 0 aromatic rings. The standard InChI is InChI=1S/C2H8N3OP.CH2O/c3-1-5(7)2(4)6;1-2/h1,3,7H2,(H2,4,6);1H2. The Morgan fingerprint density at radius 3 is 2.00 bits per heavy atom. The first kappa shape index (κ1) is 11.2. The van der Waals surface area contributed by atoms with Crippen LogP contribution < -0.4 is 11.5 Å². The zero-order chi connectivity index (χ0) is 7.86. The molecule has 2 amide bonds. The predicted molar refractivity (Wildman–Crippen MR) is 37.3 cm³/mol. The van der Waals surface area contributed by atoms with Crippen molar-refractivity contribution in [2.75, 3.05) is 6.67 Å². The summed E-state index contributed by atoms with van der Waals surface area (Å²) in [7, 11) is 2.08. The zero-order valence-corrected chi connectivity index (χ0v) is 6.06. The van der Waals surface area contributed by atoms with Crippen LogP contribution in [0.4, 0.5) is 4.79 Å². The van der Waals surface area contributed by atoms with Crippen molar-refractivity contribution < 1.29 is 9.59 Å². The quantitative estimate of drug-likeness (QED) is 0.367. The van der Waals surface area contributed by atoms with Crippen LogP contribution >= 0.6 is 9.39 Å². The average molecular weight is 151 g/mol. The number of hydrogen-bond acceptors (Lipinski definition) is 3. The lowest BCUT2D eigenvalue weighted by Crippen LogP contribution is -2.31. The fraction of sp³-hybridized carbons (Fsp3) is 0.333. The fourth-order valence-electron chi connectivity index (χ4n) is 0.0900. The van der Waals surface area contributed by atoms with E-state index in [4.69, 9.17) is 16.3 Å². The number of nitrogens with two attached hydrogens (primary N) is 2. The van der Waals surface area contributed by atoms with Gasteiger partial charge in [0.25, 0.3) is 0 Å². The maximum Gasteiger partial charge on any atom is 0.318 e. The van der Waals surface area contributed by atoms with Gasteiger partial charge in [0, 0.05) is 0 Å². The minimum atomic E-state index is -0.535. The largest absolute Gasteiger partial charge is 0.351 e. The van der Waals surface area contributed by atoms with Crippen molar-refractivity contribution in [2.24, 2.45) is 11.5 Å². The van der Waals surface area contributed by atoms with Gasteiger partial charge in [-0.3, -0.25) is 4.67 Å². The molecule has 0 radical (unpaired) electrons. The third-order valence-electron chi connectivity index (χ3n) is 0.480. The summed E-state index contributed by atoms with van der Waals surface area (Å²) in [5.41, 5.74) is 9.71. The van der Waals surface area contributed by atoms with Crippen LogP contribution in [0, 0.1) is 0 Å². The Morgan fingerprint density at radius 2 is 2.00 bits per heavy atom. The number of nitrogens with zero attached hydrogens (tertiary/aromatic N) is 1. The van der Waals surface area contributed by atoms with Gasteiger partial charge in [-0.2, -0.15) is 0 Å². The first-order chi connectivity index (χ1) is 4.18. The molecule has 5 nitrogen and oxygen atoms in total. The lowest BCUT2D eigenvalue weighted by molar-refractivity contribution is -0.0979. The summed E-state index contributed by atoms with van der Waals surface area (Å²) in [5.74, 6) is 0. The topological polar surface area (TPSA) is 89.4 Å². The Labute approximate surface area is 55.6 Å². The SMILES string of the molecule is C=O.NCN(P)C(N)=O. The molecule has 54 valence electrons. The first-order valence-electron chi connectivity index (χ1n) is 1.99.